The van der Waals surface area contributed by atoms with Crippen molar-refractivity contribution in [3.8, 4) is 0 Å². The Morgan fingerprint density at radius 3 is 2.71 bits per heavy atom. The highest BCUT2D eigenvalue weighted by molar-refractivity contribution is 7.09. The molecule has 1 heterocycles. The van der Waals surface area contributed by atoms with Crippen LogP contribution < -0.4 is 5.32 Å². The number of aromatic nitrogens is 1. The van der Waals surface area contributed by atoms with Gasteiger partial charge in [-0.15, -0.1) is 11.3 Å². The van der Waals surface area contributed by atoms with Crippen LogP contribution >= 0.6 is 11.3 Å². The van der Waals surface area contributed by atoms with Crippen LogP contribution in [0.5, 0.6) is 0 Å². The Kier molecular flexibility index (Phi) is 5.56. The van der Waals surface area contributed by atoms with Crippen LogP contribution in [0.15, 0.2) is 5.51 Å². The largest absolute Gasteiger partial charge is 0.311 e. The van der Waals surface area contributed by atoms with E-state index < -0.39 is 0 Å². The molecular weight excluding hydrogens is 230 g/mol. The predicted molar refractivity (Wildman–Crippen MR) is 75.6 cm³/mol. The lowest BCUT2D eigenvalue weighted by Gasteiger charge is -2.26. The number of hydrogen-bond acceptors (Lipinski definition) is 4. The number of hydrogen-bond donors (Lipinski definition) is 1. The van der Waals surface area contributed by atoms with Crippen molar-refractivity contribution in [1.82, 2.24) is 15.2 Å². The van der Waals surface area contributed by atoms with E-state index in [1.807, 2.05) is 5.51 Å². The lowest BCUT2D eigenvalue weighted by molar-refractivity contribution is 0.294. The smallest absolute Gasteiger partial charge is 0.0798 e. The first-order chi connectivity index (χ1) is 7.94. The predicted octanol–water partition coefficient (Wildman–Crippen LogP) is 2.66. The molecule has 98 valence electrons. The lowest BCUT2D eigenvalue weighted by Crippen LogP contribution is -2.42. The summed E-state index contributed by atoms with van der Waals surface area (Å²) in [5.74, 6) is 0. The maximum atomic E-state index is 4.28. The molecule has 0 aromatic carbocycles. The number of nitrogens with one attached hydrogen (secondary N) is 1. The van der Waals surface area contributed by atoms with Crippen molar-refractivity contribution in [2.75, 3.05) is 20.1 Å². The Labute approximate surface area is 109 Å². The van der Waals surface area contributed by atoms with Gasteiger partial charge in [0.15, 0.2) is 0 Å². The van der Waals surface area contributed by atoms with Crippen LogP contribution in [0.3, 0.4) is 0 Å². The van der Waals surface area contributed by atoms with Crippen LogP contribution in [-0.4, -0.2) is 35.6 Å². The molecule has 0 bridgehead atoms. The molecule has 0 saturated carbocycles. The molecule has 0 fully saturated rings. The van der Waals surface area contributed by atoms with Gasteiger partial charge in [0, 0.05) is 30.1 Å². The SMILES string of the molecule is CCC(C)(C)NCCN(C)Cc1scnc1C. The maximum Gasteiger partial charge on any atom is 0.0798 e. The minimum atomic E-state index is 0.251. The summed E-state index contributed by atoms with van der Waals surface area (Å²) in [6.45, 7) is 11.9. The van der Waals surface area contributed by atoms with Crippen LogP contribution in [0, 0.1) is 6.92 Å². The van der Waals surface area contributed by atoms with E-state index in [1.165, 1.54) is 10.6 Å². The van der Waals surface area contributed by atoms with Gasteiger partial charge in [0.25, 0.3) is 0 Å². The summed E-state index contributed by atoms with van der Waals surface area (Å²) in [6, 6.07) is 0. The van der Waals surface area contributed by atoms with Gasteiger partial charge in [-0.3, -0.25) is 4.90 Å². The van der Waals surface area contributed by atoms with Crippen molar-refractivity contribution in [2.24, 2.45) is 0 Å². The molecule has 0 unspecified atom stereocenters. The van der Waals surface area contributed by atoms with Gasteiger partial charge in [0.2, 0.25) is 0 Å². The molecule has 0 aliphatic rings. The molecule has 1 rings (SSSR count). The van der Waals surface area contributed by atoms with Crippen LogP contribution in [0.2, 0.25) is 0 Å². The zero-order valence-electron chi connectivity index (χ0n) is 11.7. The Bertz CT molecular complexity index is 333. The quantitative estimate of drug-likeness (QED) is 0.812. The van der Waals surface area contributed by atoms with Gasteiger partial charge in [0.1, 0.15) is 0 Å². The number of thiazole rings is 1. The molecule has 17 heavy (non-hydrogen) atoms. The van der Waals surface area contributed by atoms with Gasteiger partial charge in [-0.1, -0.05) is 6.92 Å². The third-order valence-electron chi connectivity index (χ3n) is 3.24. The highest BCUT2D eigenvalue weighted by atomic mass is 32.1. The van der Waals surface area contributed by atoms with Gasteiger partial charge < -0.3 is 5.32 Å². The molecule has 3 nitrogen and oxygen atoms in total. The average Bonchev–Trinajstić information content (AvgIpc) is 2.64. The Morgan fingerprint density at radius 1 is 1.47 bits per heavy atom. The second-order valence-electron chi connectivity index (χ2n) is 5.26. The zero-order valence-corrected chi connectivity index (χ0v) is 12.5. The summed E-state index contributed by atoms with van der Waals surface area (Å²) in [6.07, 6.45) is 1.16. The molecule has 0 atom stereocenters. The monoisotopic (exact) mass is 255 g/mol. The fourth-order valence-corrected chi connectivity index (χ4v) is 2.37. The first-order valence-corrected chi connectivity index (χ1v) is 7.15. The minimum absolute atomic E-state index is 0.251. The normalized spacial score (nSPS) is 12.4. The Hall–Kier alpha value is -0.450. The van der Waals surface area contributed by atoms with E-state index in [0.717, 1.165) is 26.1 Å². The molecule has 0 aliphatic carbocycles. The number of rotatable bonds is 7. The van der Waals surface area contributed by atoms with E-state index in [9.17, 15) is 0 Å². The zero-order chi connectivity index (χ0) is 12.9. The number of nitrogens with zero attached hydrogens (tertiary/aromatic N) is 2. The second-order valence-corrected chi connectivity index (χ2v) is 6.20. The van der Waals surface area contributed by atoms with E-state index in [-0.39, 0.29) is 5.54 Å². The Balaban J connectivity index is 2.27. The highest BCUT2D eigenvalue weighted by Crippen LogP contribution is 2.14. The molecule has 0 aliphatic heterocycles. The third kappa shape index (κ3) is 5.15. The van der Waals surface area contributed by atoms with Crippen molar-refractivity contribution in [1.29, 1.82) is 0 Å². The summed E-state index contributed by atoms with van der Waals surface area (Å²) in [4.78, 5) is 8.00. The fraction of sp³-hybridized carbons (Fsp3) is 0.769. The molecule has 0 amide bonds. The minimum Gasteiger partial charge on any atom is -0.311 e. The van der Waals surface area contributed by atoms with Gasteiger partial charge in [-0.25, -0.2) is 4.98 Å². The molecule has 4 heteroatoms. The molecule has 1 aromatic rings. The van der Waals surface area contributed by atoms with Gasteiger partial charge in [-0.05, 0) is 34.2 Å². The van der Waals surface area contributed by atoms with Crippen LogP contribution in [0.25, 0.3) is 0 Å². The standard InChI is InChI=1S/C13H25N3S/c1-6-13(3,4)15-7-8-16(5)9-12-11(2)14-10-17-12/h10,15H,6-9H2,1-5H3. The number of aryl methyl sites for hydroxylation is 1. The van der Waals surface area contributed by atoms with E-state index in [0.29, 0.717) is 0 Å². The van der Waals surface area contributed by atoms with Gasteiger partial charge >= 0.3 is 0 Å². The second kappa shape index (κ2) is 6.47. The van der Waals surface area contributed by atoms with E-state index in [4.69, 9.17) is 0 Å². The van der Waals surface area contributed by atoms with Crippen molar-refractivity contribution >= 4 is 11.3 Å². The van der Waals surface area contributed by atoms with Crippen LogP contribution in [0.4, 0.5) is 0 Å². The molecular formula is C13H25N3S. The van der Waals surface area contributed by atoms with Crippen molar-refractivity contribution in [3.05, 3.63) is 16.1 Å². The molecule has 1 N–H and O–H groups in total. The van der Waals surface area contributed by atoms with Crippen molar-refractivity contribution in [2.45, 2.75) is 46.2 Å². The van der Waals surface area contributed by atoms with E-state index >= 15 is 0 Å². The van der Waals surface area contributed by atoms with Crippen LogP contribution in [0.1, 0.15) is 37.8 Å². The summed E-state index contributed by atoms with van der Waals surface area (Å²) >= 11 is 1.75. The molecule has 1 aromatic heterocycles. The summed E-state index contributed by atoms with van der Waals surface area (Å²) in [7, 11) is 2.17. The van der Waals surface area contributed by atoms with Gasteiger partial charge in [0.05, 0.1) is 11.2 Å². The average molecular weight is 255 g/mol. The maximum absolute atomic E-state index is 4.28. The van der Waals surface area contributed by atoms with Crippen molar-refractivity contribution in [3.63, 3.8) is 0 Å². The summed E-state index contributed by atoms with van der Waals surface area (Å²) < 4.78 is 0. The van der Waals surface area contributed by atoms with Crippen molar-refractivity contribution < 1.29 is 0 Å². The van der Waals surface area contributed by atoms with Crippen LogP contribution in [-0.2, 0) is 6.54 Å². The fourth-order valence-electron chi connectivity index (χ4n) is 1.51. The Morgan fingerprint density at radius 2 is 2.18 bits per heavy atom. The molecule has 0 saturated heterocycles. The topological polar surface area (TPSA) is 28.2 Å². The summed E-state index contributed by atoms with van der Waals surface area (Å²) in [5.41, 5.74) is 3.35. The molecule has 0 radical (unpaired) electrons. The van der Waals surface area contributed by atoms with E-state index in [2.05, 4.69) is 49.9 Å². The molecule has 0 spiro atoms. The highest BCUT2D eigenvalue weighted by Gasteiger charge is 2.13. The third-order valence-corrected chi connectivity index (χ3v) is 4.16. The van der Waals surface area contributed by atoms with E-state index in [1.54, 1.807) is 11.3 Å². The van der Waals surface area contributed by atoms with Gasteiger partial charge in [-0.2, -0.15) is 0 Å². The lowest BCUT2D eigenvalue weighted by atomic mass is 10.0. The first-order valence-electron chi connectivity index (χ1n) is 6.27. The summed E-state index contributed by atoms with van der Waals surface area (Å²) in [5, 5.41) is 3.58. The first kappa shape index (κ1) is 14.6. The number of likely N-dealkylation sites (N-methyl/N-ethyl adjacent to an activating group) is 1.